The van der Waals surface area contributed by atoms with Gasteiger partial charge >= 0.3 is 36.2 Å². The van der Waals surface area contributed by atoms with Crippen molar-refractivity contribution in [2.24, 2.45) is 9.98 Å². The number of unbranched alkanes of at least 4 members (excludes halogenated alkanes) is 15. The molecule has 376 valence electrons. The third kappa shape index (κ3) is 27.4. The van der Waals surface area contributed by atoms with Crippen LogP contribution in [0, 0.1) is 0 Å². The number of rotatable bonds is 35. The van der Waals surface area contributed by atoms with Crippen LogP contribution in [0.5, 0.6) is 0 Å². The first-order valence-corrected chi connectivity index (χ1v) is 23.9. The van der Waals surface area contributed by atoms with Gasteiger partial charge in [-0.2, -0.15) is 0 Å². The molecule has 0 aromatic carbocycles. The summed E-state index contributed by atoms with van der Waals surface area (Å²) in [7, 11) is 2.58. The maximum atomic E-state index is 13.2. The second-order valence-corrected chi connectivity index (χ2v) is 16.1. The van der Waals surface area contributed by atoms with Gasteiger partial charge in [0.25, 0.3) is 0 Å². The van der Waals surface area contributed by atoms with Crippen molar-refractivity contribution in [3.05, 3.63) is 47.3 Å². The van der Waals surface area contributed by atoms with Gasteiger partial charge in [0.2, 0.25) is 0 Å². The largest absolute Gasteiger partial charge is 0.467 e. The predicted molar refractivity (Wildman–Crippen MR) is 252 cm³/mol. The van der Waals surface area contributed by atoms with E-state index in [1.807, 2.05) is 0 Å². The van der Waals surface area contributed by atoms with Gasteiger partial charge in [-0.15, -0.1) is 0 Å². The fourth-order valence-corrected chi connectivity index (χ4v) is 6.42. The van der Waals surface area contributed by atoms with E-state index >= 15 is 0 Å². The van der Waals surface area contributed by atoms with Gasteiger partial charge in [0.1, 0.15) is 35.1 Å². The molecule has 19 nitrogen and oxygen atoms in total. The third-order valence-electron chi connectivity index (χ3n) is 10.4. The fourth-order valence-electron chi connectivity index (χ4n) is 6.42. The van der Waals surface area contributed by atoms with Crippen LogP contribution in [0.3, 0.4) is 0 Å². The number of amides is 5. The molecule has 19 heteroatoms. The van der Waals surface area contributed by atoms with E-state index in [0.717, 1.165) is 49.8 Å². The molecule has 2 heterocycles. The molecule has 3 N–H and O–H groups in total. The first kappa shape index (κ1) is 57.2. The Morgan fingerprint density at radius 1 is 0.567 bits per heavy atom. The van der Waals surface area contributed by atoms with Gasteiger partial charge < -0.3 is 48.5 Å². The van der Waals surface area contributed by atoms with E-state index in [-0.39, 0.29) is 26.4 Å². The Bertz CT molecular complexity index is 1780. The molecule has 67 heavy (non-hydrogen) atoms. The molecule has 2 atom stereocenters. The number of hydrogen-bond acceptors (Lipinski definition) is 15. The number of nitrogens with one attached hydrogen (secondary N) is 3. The Balaban J connectivity index is 1.67. The van der Waals surface area contributed by atoms with Crippen molar-refractivity contribution in [1.29, 1.82) is 0 Å². The van der Waals surface area contributed by atoms with Crippen LogP contribution < -0.4 is 16.0 Å². The van der Waals surface area contributed by atoms with Crippen molar-refractivity contribution in [3.8, 4) is 0 Å². The average molecular weight is 945 g/mol. The highest BCUT2D eigenvalue weighted by molar-refractivity contribution is 5.90. The van der Waals surface area contributed by atoms with E-state index in [1.165, 1.54) is 71.6 Å². The topological polar surface area (TPSA) is 239 Å². The summed E-state index contributed by atoms with van der Waals surface area (Å²) in [5.74, 6) is 0.730. The van der Waals surface area contributed by atoms with Crippen molar-refractivity contribution in [3.63, 3.8) is 0 Å². The summed E-state index contributed by atoms with van der Waals surface area (Å²) in [6.45, 7) is 6.90. The monoisotopic (exact) mass is 945 g/mol. The van der Waals surface area contributed by atoms with Gasteiger partial charge in [0.05, 0.1) is 33.3 Å². The second kappa shape index (κ2) is 36.3. The Kier molecular flexibility index (Phi) is 31.0. The summed E-state index contributed by atoms with van der Waals surface area (Å²) in [5, 5.41) is 8.27. The molecular weight excluding hydrogens is 869 g/mol. The highest BCUT2D eigenvalue weighted by Crippen LogP contribution is 2.13. The normalized spacial score (nSPS) is 12.1. The first-order valence-electron chi connectivity index (χ1n) is 23.9. The van der Waals surface area contributed by atoms with Crippen molar-refractivity contribution in [2.75, 3.05) is 47.0 Å². The van der Waals surface area contributed by atoms with Crippen molar-refractivity contribution in [2.45, 2.75) is 162 Å². The minimum Gasteiger partial charge on any atom is -0.467 e. The fraction of sp³-hybridized carbons (Fsp3) is 0.667. The lowest BCUT2D eigenvalue weighted by atomic mass is 10.1. The minimum absolute atomic E-state index is 0.0670. The molecule has 0 aliphatic carbocycles. The van der Waals surface area contributed by atoms with E-state index in [1.54, 1.807) is 38.1 Å². The van der Waals surface area contributed by atoms with E-state index in [4.69, 9.17) is 23.0 Å². The molecule has 0 fully saturated rings. The van der Waals surface area contributed by atoms with Crippen LogP contribution in [0.25, 0.3) is 0 Å². The first-order chi connectivity index (χ1) is 32.5. The number of hydrogen-bond donors (Lipinski definition) is 3. The van der Waals surface area contributed by atoms with Gasteiger partial charge in [-0.05, 0) is 70.2 Å². The van der Waals surface area contributed by atoms with E-state index < -0.39 is 48.3 Å². The number of alkyl carbamates (subject to hydrolysis) is 2. The number of urea groups is 1. The van der Waals surface area contributed by atoms with Crippen LogP contribution >= 0.6 is 0 Å². The molecule has 0 spiro atoms. The zero-order chi connectivity index (χ0) is 48.9. The molecule has 2 aromatic rings. The number of methoxy groups -OCH3 is 2. The zero-order valence-corrected chi connectivity index (χ0v) is 40.4. The number of ether oxygens (including phenoxy) is 5. The second-order valence-electron chi connectivity index (χ2n) is 16.1. The third-order valence-corrected chi connectivity index (χ3v) is 10.4. The van der Waals surface area contributed by atoms with Crippen LogP contribution in [0.1, 0.15) is 159 Å². The molecule has 2 aromatic heterocycles. The van der Waals surface area contributed by atoms with Gasteiger partial charge in [-0.3, -0.25) is 9.98 Å². The molecule has 0 radical (unpaired) electrons. The molecular formula is C48H76N6O13. The lowest BCUT2D eigenvalue weighted by Gasteiger charge is -2.21. The molecule has 0 saturated carbocycles. The quantitative estimate of drug-likeness (QED) is 0.0253. The maximum Gasteiger partial charge on any atom is 0.417 e. The molecule has 2 rings (SSSR count). The molecule has 2 unspecified atom stereocenters. The van der Waals surface area contributed by atoms with Gasteiger partial charge in [-0.25, -0.2) is 33.7 Å². The predicted octanol–water partition coefficient (Wildman–Crippen LogP) is 9.18. The number of imide groups is 1. The number of carbonyl (C=O) groups is 6. The van der Waals surface area contributed by atoms with Gasteiger partial charge in [0.15, 0.2) is 13.2 Å². The van der Waals surface area contributed by atoms with Crippen LogP contribution in [0.15, 0.2) is 43.1 Å². The number of aliphatic imine (C=N–C) groups is 2. The van der Waals surface area contributed by atoms with Crippen LogP contribution in [0.4, 0.5) is 19.2 Å². The Hall–Kier alpha value is -5.88. The average Bonchev–Trinajstić information content (AvgIpc) is 4.00. The van der Waals surface area contributed by atoms with Crippen molar-refractivity contribution < 1.29 is 61.3 Å². The molecule has 0 aliphatic heterocycles. The van der Waals surface area contributed by atoms with Gasteiger partial charge in [0, 0.05) is 26.2 Å². The molecule has 0 aliphatic rings. The summed E-state index contributed by atoms with van der Waals surface area (Å²) in [5.41, 5.74) is 0. The summed E-state index contributed by atoms with van der Waals surface area (Å²) in [4.78, 5) is 82.9. The SMILES string of the molecule is CCCCCCCCCCCCOC(=O)N(CCCCCCNC(=O)OCc1ccc(/C=N\C(C)C(=O)OC)o1)C(=O)NCCCCCCNC(=O)OCc1ccc(/C=N\C(C)C(=O)OC)o1. The van der Waals surface area contributed by atoms with Crippen LogP contribution in [0.2, 0.25) is 0 Å². The van der Waals surface area contributed by atoms with E-state index in [9.17, 15) is 28.8 Å². The Morgan fingerprint density at radius 3 is 1.45 bits per heavy atom. The molecule has 0 saturated heterocycles. The summed E-state index contributed by atoms with van der Waals surface area (Å²) in [6, 6.07) is 4.77. The summed E-state index contributed by atoms with van der Waals surface area (Å²) >= 11 is 0. The standard InChI is InChI=1S/C48H76N6O13/c1-6-7-8-9-10-11-12-13-18-23-32-63-48(60)54(31-22-17-16-21-30-51-47(59)65-36-42-27-25-40(67-42)34-53-38(3)44(56)62-5)45(57)49-28-19-14-15-20-29-50-46(58)64-35-41-26-24-39(66-41)33-52-37(2)43(55)61-4/h24-27,33-34,37-38H,6-23,28-32,35-36H2,1-5H3,(H,49,57)(H,50,58)(H,51,59)/b52-33-,53-34-. The van der Waals surface area contributed by atoms with Gasteiger partial charge in [-0.1, -0.05) is 90.4 Å². The van der Waals surface area contributed by atoms with Crippen LogP contribution in [-0.4, -0.2) is 113 Å². The lowest BCUT2D eigenvalue weighted by molar-refractivity contribution is -0.142. The summed E-state index contributed by atoms with van der Waals surface area (Å²) < 4.78 is 36.4. The van der Waals surface area contributed by atoms with Crippen LogP contribution in [-0.2, 0) is 46.5 Å². The zero-order valence-electron chi connectivity index (χ0n) is 40.4. The highest BCUT2D eigenvalue weighted by atomic mass is 16.6. The maximum absolute atomic E-state index is 13.2. The smallest absolute Gasteiger partial charge is 0.417 e. The highest BCUT2D eigenvalue weighted by Gasteiger charge is 2.22. The molecule has 5 amide bonds. The minimum atomic E-state index is -0.673. The Morgan fingerprint density at radius 2 is 0.985 bits per heavy atom. The lowest BCUT2D eigenvalue weighted by Crippen LogP contribution is -2.45. The number of nitrogens with zero attached hydrogens (tertiary/aromatic N) is 3. The Labute approximate surface area is 395 Å². The molecule has 0 bridgehead atoms. The number of furan rings is 2. The van der Waals surface area contributed by atoms with E-state index in [2.05, 4.69) is 42.3 Å². The number of carbonyl (C=O) groups excluding carboxylic acids is 6. The summed E-state index contributed by atoms with van der Waals surface area (Å²) in [6.07, 6.45) is 18.3. The van der Waals surface area contributed by atoms with Crippen molar-refractivity contribution in [1.82, 2.24) is 20.9 Å². The number of esters is 2. The van der Waals surface area contributed by atoms with E-state index in [0.29, 0.717) is 68.4 Å². The van der Waals surface area contributed by atoms with Crippen molar-refractivity contribution >= 4 is 48.7 Å².